The Hall–Kier alpha value is -1.91. The molecule has 5 nitrogen and oxygen atoms in total. The number of hydrogen-bond acceptors (Lipinski definition) is 4. The minimum Gasteiger partial charge on any atom is -0.453 e. The van der Waals surface area contributed by atoms with Crippen LogP contribution >= 0.6 is 0 Å². The van der Waals surface area contributed by atoms with Crippen molar-refractivity contribution in [3.05, 3.63) is 30.1 Å². The second kappa shape index (κ2) is 7.51. The van der Waals surface area contributed by atoms with Gasteiger partial charge in [-0.05, 0) is 18.6 Å². The molecule has 0 fully saturated rings. The lowest BCUT2D eigenvalue weighted by Gasteiger charge is -2.19. The molecule has 1 aromatic rings. The van der Waals surface area contributed by atoms with Gasteiger partial charge >= 0.3 is 6.09 Å². The predicted octanol–water partition coefficient (Wildman–Crippen LogP) is 1.96. The third-order valence-electron chi connectivity index (χ3n) is 3.06. The van der Waals surface area contributed by atoms with E-state index < -0.39 is 12.1 Å². The number of ketones is 1. The van der Waals surface area contributed by atoms with Crippen molar-refractivity contribution in [2.24, 2.45) is 5.92 Å². The summed E-state index contributed by atoms with van der Waals surface area (Å²) in [5.41, 5.74) is 0.764. The molecule has 0 aliphatic heterocycles. The zero-order valence-electron chi connectivity index (χ0n) is 11.6. The molecule has 1 heterocycles. The van der Waals surface area contributed by atoms with E-state index in [1.807, 2.05) is 32.0 Å². The summed E-state index contributed by atoms with van der Waals surface area (Å²) in [7, 11) is 1.28. The zero-order valence-corrected chi connectivity index (χ0v) is 11.6. The smallest absolute Gasteiger partial charge is 0.407 e. The average Bonchev–Trinajstić information content (AvgIpc) is 2.45. The summed E-state index contributed by atoms with van der Waals surface area (Å²) < 4.78 is 4.56. The molecule has 1 rings (SSSR count). The number of Topliss-reactive ketones (excluding diaryl/α,β-unsaturated/α-hetero) is 1. The number of methoxy groups -OCH3 is 1. The average molecular weight is 264 g/mol. The summed E-state index contributed by atoms with van der Waals surface area (Å²) in [5.74, 6) is -0.107. The molecule has 0 spiro atoms. The van der Waals surface area contributed by atoms with Gasteiger partial charge in [0.25, 0.3) is 0 Å². The molecule has 1 aromatic heterocycles. The van der Waals surface area contributed by atoms with Gasteiger partial charge in [-0.1, -0.05) is 19.9 Å². The van der Waals surface area contributed by atoms with E-state index in [9.17, 15) is 9.59 Å². The van der Waals surface area contributed by atoms with Crippen LogP contribution in [0.15, 0.2) is 24.4 Å². The lowest BCUT2D eigenvalue weighted by Crippen LogP contribution is -2.44. The number of amides is 1. The van der Waals surface area contributed by atoms with Gasteiger partial charge < -0.3 is 10.1 Å². The van der Waals surface area contributed by atoms with E-state index in [0.29, 0.717) is 6.42 Å². The first-order chi connectivity index (χ1) is 9.08. The number of nitrogens with zero attached hydrogens (tertiary/aromatic N) is 1. The van der Waals surface area contributed by atoms with Crippen LogP contribution in [0.25, 0.3) is 0 Å². The van der Waals surface area contributed by atoms with Crippen molar-refractivity contribution < 1.29 is 14.3 Å². The van der Waals surface area contributed by atoms with E-state index in [1.54, 1.807) is 6.20 Å². The molecule has 0 aliphatic rings. The first kappa shape index (κ1) is 15.1. The number of rotatable bonds is 6. The highest BCUT2D eigenvalue weighted by atomic mass is 16.5. The van der Waals surface area contributed by atoms with Crippen LogP contribution < -0.4 is 5.32 Å². The lowest BCUT2D eigenvalue weighted by atomic mass is 9.94. The van der Waals surface area contributed by atoms with Crippen LogP contribution in [0.2, 0.25) is 0 Å². The van der Waals surface area contributed by atoms with Crippen LogP contribution in [0.5, 0.6) is 0 Å². The van der Waals surface area contributed by atoms with Crippen LogP contribution in [0.3, 0.4) is 0 Å². The Kier molecular flexibility index (Phi) is 5.99. The maximum atomic E-state index is 12.2. The molecule has 2 atom stereocenters. The Morgan fingerprint density at radius 1 is 1.42 bits per heavy atom. The molecule has 0 saturated carbocycles. The van der Waals surface area contributed by atoms with Gasteiger partial charge in [0, 0.05) is 24.2 Å². The second-order valence-corrected chi connectivity index (χ2v) is 4.43. The summed E-state index contributed by atoms with van der Waals surface area (Å²) in [6.07, 6.45) is 2.18. The summed E-state index contributed by atoms with van der Waals surface area (Å²) >= 11 is 0. The molecule has 0 aromatic carbocycles. The number of aromatic nitrogens is 1. The van der Waals surface area contributed by atoms with Gasteiger partial charge in [-0.2, -0.15) is 0 Å². The maximum absolute atomic E-state index is 12.2. The van der Waals surface area contributed by atoms with Crippen LogP contribution in [-0.4, -0.2) is 30.0 Å². The Labute approximate surface area is 113 Å². The molecule has 0 saturated heterocycles. The van der Waals surface area contributed by atoms with Crippen molar-refractivity contribution in [3.63, 3.8) is 0 Å². The number of carbonyl (C=O) groups is 2. The highest BCUT2D eigenvalue weighted by Gasteiger charge is 2.25. The van der Waals surface area contributed by atoms with Crippen molar-refractivity contribution in [1.29, 1.82) is 0 Å². The predicted molar refractivity (Wildman–Crippen MR) is 71.7 cm³/mol. The lowest BCUT2D eigenvalue weighted by molar-refractivity contribution is -0.124. The standard InChI is InChI=1S/C14H20N2O3/c1-4-10(2)13(17)12(16-14(18)19-3)9-11-7-5-6-8-15-11/h5-8,10,12H,4,9H2,1-3H3,(H,16,18)/t10?,12-/m0/s1. The Morgan fingerprint density at radius 3 is 2.68 bits per heavy atom. The highest BCUT2D eigenvalue weighted by Crippen LogP contribution is 2.10. The fourth-order valence-corrected chi connectivity index (χ4v) is 1.70. The van der Waals surface area contributed by atoms with E-state index in [-0.39, 0.29) is 11.7 Å². The maximum Gasteiger partial charge on any atom is 0.407 e. The summed E-state index contributed by atoms with van der Waals surface area (Å²) in [4.78, 5) is 27.7. The van der Waals surface area contributed by atoms with E-state index in [4.69, 9.17) is 0 Å². The summed E-state index contributed by atoms with van der Waals surface area (Å²) in [6, 6.07) is 4.89. The van der Waals surface area contributed by atoms with Gasteiger partial charge in [0.2, 0.25) is 0 Å². The van der Waals surface area contributed by atoms with E-state index in [0.717, 1.165) is 12.1 Å². The third-order valence-corrected chi connectivity index (χ3v) is 3.06. The molecule has 1 unspecified atom stereocenters. The number of carbonyl (C=O) groups excluding carboxylic acids is 2. The number of hydrogen-bond donors (Lipinski definition) is 1. The Bertz CT molecular complexity index is 420. The number of ether oxygens (including phenoxy) is 1. The summed E-state index contributed by atoms with van der Waals surface area (Å²) in [6.45, 7) is 3.80. The van der Waals surface area contributed by atoms with Gasteiger partial charge in [-0.15, -0.1) is 0 Å². The normalized spacial score (nSPS) is 13.4. The summed E-state index contributed by atoms with van der Waals surface area (Å²) in [5, 5.41) is 2.58. The molecular formula is C14H20N2O3. The first-order valence-electron chi connectivity index (χ1n) is 6.36. The van der Waals surface area contributed by atoms with Crippen molar-refractivity contribution in [1.82, 2.24) is 10.3 Å². The third kappa shape index (κ3) is 4.69. The molecule has 19 heavy (non-hydrogen) atoms. The highest BCUT2D eigenvalue weighted by molar-refractivity contribution is 5.89. The van der Waals surface area contributed by atoms with E-state index >= 15 is 0 Å². The second-order valence-electron chi connectivity index (χ2n) is 4.43. The number of alkyl carbamates (subject to hydrolysis) is 1. The fourth-order valence-electron chi connectivity index (χ4n) is 1.70. The van der Waals surface area contributed by atoms with Gasteiger partial charge in [0.1, 0.15) is 0 Å². The quantitative estimate of drug-likeness (QED) is 0.852. The largest absolute Gasteiger partial charge is 0.453 e. The van der Waals surface area contributed by atoms with Crippen LogP contribution in [-0.2, 0) is 16.0 Å². The van der Waals surface area contributed by atoms with E-state index in [2.05, 4.69) is 15.0 Å². The Morgan fingerprint density at radius 2 is 2.16 bits per heavy atom. The van der Waals surface area contributed by atoms with Crippen LogP contribution in [0, 0.1) is 5.92 Å². The molecule has 0 bridgehead atoms. The first-order valence-corrected chi connectivity index (χ1v) is 6.36. The Balaban J connectivity index is 2.80. The molecule has 0 aliphatic carbocycles. The number of pyridine rings is 1. The van der Waals surface area contributed by atoms with Crippen LogP contribution in [0.1, 0.15) is 26.0 Å². The van der Waals surface area contributed by atoms with Crippen LogP contribution in [0.4, 0.5) is 4.79 Å². The molecule has 104 valence electrons. The van der Waals surface area contributed by atoms with E-state index in [1.165, 1.54) is 7.11 Å². The van der Waals surface area contributed by atoms with Gasteiger partial charge in [0.15, 0.2) is 5.78 Å². The molecule has 0 radical (unpaired) electrons. The minimum atomic E-state index is -0.600. The fraction of sp³-hybridized carbons (Fsp3) is 0.500. The van der Waals surface area contributed by atoms with Crippen molar-refractivity contribution in [2.75, 3.05) is 7.11 Å². The van der Waals surface area contributed by atoms with Gasteiger partial charge in [-0.25, -0.2) is 4.79 Å². The number of nitrogens with one attached hydrogen (secondary N) is 1. The van der Waals surface area contributed by atoms with Crippen molar-refractivity contribution in [2.45, 2.75) is 32.7 Å². The van der Waals surface area contributed by atoms with Crippen molar-refractivity contribution >= 4 is 11.9 Å². The topological polar surface area (TPSA) is 68.3 Å². The molecule has 1 amide bonds. The minimum absolute atomic E-state index is 0.00134. The molecular weight excluding hydrogens is 244 g/mol. The van der Waals surface area contributed by atoms with Crippen molar-refractivity contribution in [3.8, 4) is 0 Å². The van der Waals surface area contributed by atoms with Gasteiger partial charge in [-0.3, -0.25) is 9.78 Å². The van der Waals surface area contributed by atoms with Gasteiger partial charge in [0.05, 0.1) is 13.2 Å². The molecule has 5 heteroatoms. The zero-order chi connectivity index (χ0) is 14.3. The molecule has 1 N–H and O–H groups in total. The SMILES string of the molecule is CCC(C)C(=O)[C@H](Cc1ccccn1)NC(=O)OC. The monoisotopic (exact) mass is 264 g/mol.